The Morgan fingerprint density at radius 1 is 1.19 bits per heavy atom. The first-order chi connectivity index (χ1) is 12.2. The monoisotopic (exact) mass is 440 g/mol. The van der Waals surface area contributed by atoms with Gasteiger partial charge in [-0.1, -0.05) is 24.3 Å². The highest BCUT2D eigenvalue weighted by atomic mass is 79.9. The van der Waals surface area contributed by atoms with Crippen LogP contribution in [0.25, 0.3) is 0 Å². The Morgan fingerprint density at radius 3 is 2.35 bits per heavy atom. The quantitative estimate of drug-likeness (QED) is 0.717. The van der Waals surface area contributed by atoms with Crippen molar-refractivity contribution < 1.29 is 17.9 Å². The lowest BCUT2D eigenvalue weighted by molar-refractivity contribution is -0.120. The molecule has 26 heavy (non-hydrogen) atoms. The van der Waals surface area contributed by atoms with Crippen molar-refractivity contribution in [1.29, 1.82) is 0 Å². The summed E-state index contributed by atoms with van der Waals surface area (Å²) in [6, 6.07) is 13.9. The number of hydrogen-bond acceptors (Lipinski definition) is 4. The van der Waals surface area contributed by atoms with Crippen LogP contribution in [0, 0.1) is 0 Å². The molecule has 0 aliphatic carbocycles. The van der Waals surface area contributed by atoms with E-state index in [1.165, 1.54) is 0 Å². The van der Waals surface area contributed by atoms with Gasteiger partial charge < -0.3 is 10.1 Å². The fraction of sp³-hybridized carbons (Fsp3) is 0.278. The zero-order valence-electron chi connectivity index (χ0n) is 14.8. The number of para-hydroxylation sites is 1. The number of nitrogens with one attached hydrogen (secondary N) is 1. The van der Waals surface area contributed by atoms with Gasteiger partial charge in [-0.05, 0) is 52.7 Å². The zero-order chi connectivity index (χ0) is 19.3. The Hall–Kier alpha value is -2.06. The van der Waals surface area contributed by atoms with Gasteiger partial charge in [0.1, 0.15) is 12.3 Å². The van der Waals surface area contributed by atoms with E-state index >= 15 is 0 Å². The highest BCUT2D eigenvalue weighted by molar-refractivity contribution is 9.10. The summed E-state index contributed by atoms with van der Waals surface area (Å²) in [7, 11) is -2.03. The molecule has 1 amide bonds. The predicted molar refractivity (Wildman–Crippen MR) is 106 cm³/mol. The molecule has 140 valence electrons. The van der Waals surface area contributed by atoms with Crippen LogP contribution >= 0.6 is 15.9 Å². The van der Waals surface area contributed by atoms with E-state index in [1.807, 2.05) is 31.2 Å². The number of nitrogens with zero attached hydrogens (tertiary/aromatic N) is 1. The summed E-state index contributed by atoms with van der Waals surface area (Å²) >= 11 is 3.33. The first-order valence-corrected chi connectivity index (χ1v) is 10.5. The van der Waals surface area contributed by atoms with Crippen LogP contribution < -0.4 is 14.4 Å². The molecule has 0 aliphatic heterocycles. The lowest BCUT2D eigenvalue weighted by Gasteiger charge is -2.24. The summed E-state index contributed by atoms with van der Waals surface area (Å²) in [5.74, 6) is 0.332. The summed E-state index contributed by atoms with van der Waals surface area (Å²) in [6.45, 7) is 1.53. The smallest absolute Gasteiger partial charge is 0.241 e. The molecule has 0 saturated carbocycles. The summed E-state index contributed by atoms with van der Waals surface area (Å²) in [6.07, 6.45) is 1.08. The molecule has 0 saturated heterocycles. The topological polar surface area (TPSA) is 75.7 Å². The van der Waals surface area contributed by atoms with Gasteiger partial charge in [-0.15, -0.1) is 0 Å². The Bertz CT molecular complexity index is 869. The van der Waals surface area contributed by atoms with E-state index in [0.29, 0.717) is 10.2 Å². The molecule has 1 atom stereocenters. The van der Waals surface area contributed by atoms with Gasteiger partial charge in [0, 0.05) is 4.47 Å². The van der Waals surface area contributed by atoms with Gasteiger partial charge >= 0.3 is 0 Å². The summed E-state index contributed by atoms with van der Waals surface area (Å²) in [5.41, 5.74) is 1.31. The molecule has 1 N–H and O–H groups in total. The minimum Gasteiger partial charge on any atom is -0.497 e. The SMILES string of the molecule is COc1ccc(C(C)NC(=O)CN(c2ccccc2Br)S(C)(=O)=O)cc1. The lowest BCUT2D eigenvalue weighted by Crippen LogP contribution is -2.41. The Morgan fingerprint density at radius 2 is 1.81 bits per heavy atom. The molecule has 0 fully saturated rings. The van der Waals surface area contributed by atoms with E-state index in [4.69, 9.17) is 4.74 Å². The Kier molecular flexibility index (Phi) is 6.66. The van der Waals surface area contributed by atoms with Crippen molar-refractivity contribution >= 4 is 37.5 Å². The number of methoxy groups -OCH3 is 1. The van der Waals surface area contributed by atoms with Gasteiger partial charge in [-0.2, -0.15) is 0 Å². The summed E-state index contributed by atoms with van der Waals surface area (Å²) in [4.78, 5) is 12.4. The lowest BCUT2D eigenvalue weighted by atomic mass is 10.1. The van der Waals surface area contributed by atoms with E-state index in [2.05, 4.69) is 21.2 Å². The largest absolute Gasteiger partial charge is 0.497 e. The van der Waals surface area contributed by atoms with Gasteiger partial charge in [0.2, 0.25) is 15.9 Å². The molecule has 8 heteroatoms. The van der Waals surface area contributed by atoms with E-state index in [9.17, 15) is 13.2 Å². The third kappa shape index (κ3) is 5.22. The van der Waals surface area contributed by atoms with Crippen molar-refractivity contribution in [2.45, 2.75) is 13.0 Å². The number of hydrogen-bond donors (Lipinski definition) is 1. The predicted octanol–water partition coefficient (Wildman–Crippen LogP) is 3.10. The maximum Gasteiger partial charge on any atom is 0.241 e. The van der Waals surface area contributed by atoms with Crippen LogP contribution in [0.3, 0.4) is 0 Å². The van der Waals surface area contributed by atoms with E-state index < -0.39 is 15.9 Å². The third-order valence-electron chi connectivity index (χ3n) is 3.80. The fourth-order valence-electron chi connectivity index (χ4n) is 2.43. The summed E-state index contributed by atoms with van der Waals surface area (Å²) < 4.78 is 31.1. The molecule has 1 unspecified atom stereocenters. The number of benzene rings is 2. The average molecular weight is 441 g/mol. The number of halogens is 1. The molecule has 6 nitrogen and oxygen atoms in total. The maximum atomic E-state index is 12.4. The standard InChI is InChI=1S/C18H21BrN2O4S/c1-13(14-8-10-15(25-2)11-9-14)20-18(22)12-21(26(3,23)24)17-7-5-4-6-16(17)19/h4-11,13H,12H2,1-3H3,(H,20,22). The molecular weight excluding hydrogens is 420 g/mol. The second-order valence-corrected chi connectivity index (χ2v) is 8.54. The van der Waals surface area contributed by atoms with Crippen molar-refractivity contribution in [2.75, 3.05) is 24.2 Å². The van der Waals surface area contributed by atoms with Gasteiger partial charge in [0.15, 0.2) is 0 Å². The van der Waals surface area contributed by atoms with Crippen LogP contribution in [0.2, 0.25) is 0 Å². The maximum absolute atomic E-state index is 12.4. The number of anilines is 1. The minimum atomic E-state index is -3.62. The zero-order valence-corrected chi connectivity index (χ0v) is 17.2. The molecule has 0 bridgehead atoms. The van der Waals surface area contributed by atoms with Gasteiger partial charge in [-0.25, -0.2) is 8.42 Å². The number of carbonyl (C=O) groups excluding carboxylic acids is 1. The molecule has 0 heterocycles. The number of sulfonamides is 1. The van der Waals surface area contributed by atoms with Gasteiger partial charge in [-0.3, -0.25) is 9.10 Å². The summed E-state index contributed by atoms with van der Waals surface area (Å²) in [5, 5.41) is 2.82. The molecule has 0 aliphatic rings. The molecule has 0 spiro atoms. The fourth-order valence-corrected chi connectivity index (χ4v) is 3.91. The number of rotatable bonds is 7. The molecule has 2 aromatic carbocycles. The van der Waals surface area contributed by atoms with Gasteiger partial charge in [0.25, 0.3) is 0 Å². The van der Waals surface area contributed by atoms with Crippen molar-refractivity contribution in [3.05, 3.63) is 58.6 Å². The molecule has 2 aromatic rings. The van der Waals surface area contributed by atoms with Crippen LogP contribution in [0.5, 0.6) is 5.75 Å². The van der Waals surface area contributed by atoms with Crippen molar-refractivity contribution in [3.63, 3.8) is 0 Å². The number of carbonyl (C=O) groups is 1. The van der Waals surface area contributed by atoms with Crippen LogP contribution in [-0.4, -0.2) is 34.2 Å². The average Bonchev–Trinajstić information content (AvgIpc) is 2.59. The second kappa shape index (κ2) is 8.55. The van der Waals surface area contributed by atoms with Crippen molar-refractivity contribution in [2.24, 2.45) is 0 Å². The van der Waals surface area contributed by atoms with E-state index in [-0.39, 0.29) is 12.6 Å². The number of ether oxygens (including phenoxy) is 1. The van der Waals surface area contributed by atoms with Crippen LogP contribution in [0.1, 0.15) is 18.5 Å². The highest BCUT2D eigenvalue weighted by Crippen LogP contribution is 2.27. The first-order valence-electron chi connectivity index (χ1n) is 7.88. The Labute approximate surface area is 162 Å². The first kappa shape index (κ1) is 20.3. The molecule has 0 radical (unpaired) electrons. The Balaban J connectivity index is 2.13. The molecular formula is C18H21BrN2O4S. The van der Waals surface area contributed by atoms with Crippen molar-refractivity contribution in [3.8, 4) is 5.75 Å². The van der Waals surface area contributed by atoms with E-state index in [0.717, 1.165) is 21.9 Å². The third-order valence-corrected chi connectivity index (χ3v) is 5.60. The normalized spacial score (nSPS) is 12.3. The second-order valence-electron chi connectivity index (χ2n) is 5.78. The minimum absolute atomic E-state index is 0.269. The number of amides is 1. The van der Waals surface area contributed by atoms with Crippen LogP contribution in [-0.2, 0) is 14.8 Å². The van der Waals surface area contributed by atoms with Gasteiger partial charge in [0.05, 0.1) is 25.1 Å². The van der Waals surface area contributed by atoms with Crippen molar-refractivity contribution in [1.82, 2.24) is 5.32 Å². The molecule has 2 rings (SSSR count). The molecule has 0 aromatic heterocycles. The van der Waals surface area contributed by atoms with Crippen LogP contribution in [0.15, 0.2) is 53.0 Å². The highest BCUT2D eigenvalue weighted by Gasteiger charge is 2.23. The van der Waals surface area contributed by atoms with E-state index in [1.54, 1.807) is 31.4 Å². The van der Waals surface area contributed by atoms with Crippen LogP contribution in [0.4, 0.5) is 5.69 Å².